The number of nitrogens with one attached hydrogen (secondary N) is 2. The Morgan fingerprint density at radius 1 is 0.914 bits per heavy atom. The number of hydrogen-bond acceptors (Lipinski definition) is 5. The summed E-state index contributed by atoms with van der Waals surface area (Å²) in [7, 11) is -3.37. The standard InChI is InChI=1S/C28H37N2O4P/c1-6-33-35(32,34-7-2)27(28(3,4)5)30-24-17-15-21(16-18-24)20-29-26(31)19-23-13-10-12-22-11-8-9-14-25(22)23/h8-18,27,30H,6-7,19-20H2,1-5H3,(H,29,31). The van der Waals surface area contributed by atoms with Crippen molar-refractivity contribution in [1.29, 1.82) is 0 Å². The van der Waals surface area contributed by atoms with Crippen molar-refractivity contribution in [3.63, 3.8) is 0 Å². The van der Waals surface area contributed by atoms with Crippen molar-refractivity contribution in [2.75, 3.05) is 18.5 Å². The van der Waals surface area contributed by atoms with Crippen LogP contribution in [0.15, 0.2) is 66.7 Å². The van der Waals surface area contributed by atoms with Crippen LogP contribution in [-0.4, -0.2) is 24.9 Å². The van der Waals surface area contributed by atoms with Crippen LogP contribution in [0.4, 0.5) is 5.69 Å². The predicted octanol–water partition coefficient (Wildman–Crippen LogP) is 6.75. The van der Waals surface area contributed by atoms with Gasteiger partial charge in [-0.15, -0.1) is 0 Å². The number of rotatable bonds is 11. The summed E-state index contributed by atoms with van der Waals surface area (Å²) in [6, 6.07) is 21.9. The van der Waals surface area contributed by atoms with Crippen molar-refractivity contribution >= 4 is 30.0 Å². The molecule has 0 aliphatic carbocycles. The normalized spacial score (nSPS) is 12.9. The summed E-state index contributed by atoms with van der Waals surface area (Å²) < 4.78 is 24.7. The van der Waals surface area contributed by atoms with Crippen molar-refractivity contribution in [2.24, 2.45) is 5.41 Å². The molecule has 6 nitrogen and oxygen atoms in total. The number of carbonyl (C=O) groups is 1. The second kappa shape index (κ2) is 11.9. The molecular weight excluding hydrogens is 459 g/mol. The Bertz CT molecular complexity index is 1160. The fourth-order valence-electron chi connectivity index (χ4n) is 4.08. The Balaban J connectivity index is 1.63. The minimum Gasteiger partial charge on any atom is -0.371 e. The van der Waals surface area contributed by atoms with Gasteiger partial charge in [-0.3, -0.25) is 9.36 Å². The lowest BCUT2D eigenvalue weighted by molar-refractivity contribution is -0.120. The molecule has 1 atom stereocenters. The first-order chi connectivity index (χ1) is 16.7. The summed E-state index contributed by atoms with van der Waals surface area (Å²) in [5.41, 5.74) is 2.44. The number of carbonyl (C=O) groups excluding carboxylic acids is 1. The zero-order chi connectivity index (χ0) is 25.5. The SMILES string of the molecule is CCOP(=O)(OCC)C(Nc1ccc(CNC(=O)Cc2cccc3ccccc23)cc1)C(C)(C)C. The van der Waals surface area contributed by atoms with Gasteiger partial charge in [0.25, 0.3) is 0 Å². The van der Waals surface area contributed by atoms with Crippen molar-refractivity contribution in [3.8, 4) is 0 Å². The van der Waals surface area contributed by atoms with E-state index in [0.717, 1.165) is 27.6 Å². The summed E-state index contributed by atoms with van der Waals surface area (Å²) in [4.78, 5) is 12.6. The number of amides is 1. The largest absolute Gasteiger partial charge is 0.371 e. The molecule has 188 valence electrons. The van der Waals surface area contributed by atoms with E-state index in [-0.39, 0.29) is 11.3 Å². The molecule has 0 saturated carbocycles. The van der Waals surface area contributed by atoms with Crippen molar-refractivity contribution in [2.45, 2.75) is 53.4 Å². The topological polar surface area (TPSA) is 76.7 Å². The van der Waals surface area contributed by atoms with Crippen LogP contribution in [0.1, 0.15) is 45.7 Å². The molecule has 35 heavy (non-hydrogen) atoms. The van der Waals surface area contributed by atoms with Gasteiger partial charge in [0.15, 0.2) is 0 Å². The van der Waals surface area contributed by atoms with Crippen LogP contribution < -0.4 is 10.6 Å². The molecule has 0 aromatic heterocycles. The first-order valence-corrected chi connectivity index (χ1v) is 13.7. The highest BCUT2D eigenvalue weighted by Crippen LogP contribution is 2.58. The maximum Gasteiger partial charge on any atom is 0.353 e. The van der Waals surface area contributed by atoms with Crippen LogP contribution in [0.3, 0.4) is 0 Å². The molecule has 0 radical (unpaired) electrons. The number of anilines is 1. The van der Waals surface area contributed by atoms with E-state index in [1.165, 1.54) is 0 Å². The van der Waals surface area contributed by atoms with Gasteiger partial charge in [0.2, 0.25) is 5.91 Å². The lowest BCUT2D eigenvalue weighted by Gasteiger charge is -2.36. The summed E-state index contributed by atoms with van der Waals surface area (Å²) >= 11 is 0. The van der Waals surface area contributed by atoms with E-state index in [0.29, 0.717) is 26.2 Å². The van der Waals surface area contributed by atoms with E-state index >= 15 is 0 Å². The van der Waals surface area contributed by atoms with Crippen molar-refractivity contribution in [3.05, 3.63) is 77.9 Å². The second-order valence-electron chi connectivity index (χ2n) is 9.58. The Kier molecular flexibility index (Phi) is 9.12. The molecule has 0 bridgehead atoms. The van der Waals surface area contributed by atoms with E-state index in [1.807, 2.05) is 89.2 Å². The summed E-state index contributed by atoms with van der Waals surface area (Å²) in [6.45, 7) is 10.7. The first kappa shape index (κ1) is 26.9. The zero-order valence-corrected chi connectivity index (χ0v) is 22.2. The lowest BCUT2D eigenvalue weighted by Crippen LogP contribution is -2.35. The van der Waals surface area contributed by atoms with Crippen LogP contribution in [0.2, 0.25) is 0 Å². The molecule has 3 aromatic rings. The molecule has 1 unspecified atom stereocenters. The van der Waals surface area contributed by atoms with E-state index in [2.05, 4.69) is 22.8 Å². The molecule has 0 aliphatic rings. The Morgan fingerprint density at radius 2 is 1.54 bits per heavy atom. The molecule has 7 heteroatoms. The van der Waals surface area contributed by atoms with E-state index < -0.39 is 13.4 Å². The van der Waals surface area contributed by atoms with Gasteiger partial charge < -0.3 is 19.7 Å². The van der Waals surface area contributed by atoms with Crippen LogP contribution in [0.5, 0.6) is 0 Å². The third-order valence-electron chi connectivity index (χ3n) is 5.73. The molecule has 0 spiro atoms. The average molecular weight is 497 g/mol. The maximum atomic E-state index is 13.5. The van der Waals surface area contributed by atoms with Gasteiger partial charge in [0.1, 0.15) is 5.78 Å². The maximum absolute atomic E-state index is 13.5. The quantitative estimate of drug-likeness (QED) is 0.287. The highest BCUT2D eigenvalue weighted by molar-refractivity contribution is 7.54. The van der Waals surface area contributed by atoms with Crippen molar-refractivity contribution < 1.29 is 18.4 Å². The van der Waals surface area contributed by atoms with Gasteiger partial charge in [-0.25, -0.2) is 0 Å². The van der Waals surface area contributed by atoms with Gasteiger partial charge in [-0.05, 0) is 53.3 Å². The van der Waals surface area contributed by atoms with Crippen molar-refractivity contribution in [1.82, 2.24) is 5.32 Å². The van der Waals surface area contributed by atoms with Gasteiger partial charge in [0.05, 0.1) is 19.6 Å². The van der Waals surface area contributed by atoms with E-state index in [9.17, 15) is 9.36 Å². The smallest absolute Gasteiger partial charge is 0.353 e. The minimum atomic E-state index is -3.37. The molecule has 1 amide bonds. The molecule has 3 aromatic carbocycles. The number of fused-ring (bicyclic) bond motifs is 1. The third-order valence-corrected chi connectivity index (χ3v) is 8.50. The predicted molar refractivity (Wildman–Crippen MR) is 144 cm³/mol. The fourth-order valence-corrected chi connectivity index (χ4v) is 6.42. The monoisotopic (exact) mass is 496 g/mol. The second-order valence-corrected chi connectivity index (χ2v) is 11.7. The zero-order valence-electron chi connectivity index (χ0n) is 21.3. The highest BCUT2D eigenvalue weighted by atomic mass is 31.2. The lowest BCUT2D eigenvalue weighted by atomic mass is 9.96. The summed E-state index contributed by atoms with van der Waals surface area (Å²) in [5.74, 6) is -0.535. The van der Waals surface area contributed by atoms with Gasteiger partial charge in [-0.1, -0.05) is 75.4 Å². The number of hydrogen-bond donors (Lipinski definition) is 2. The molecule has 3 rings (SSSR count). The first-order valence-electron chi connectivity index (χ1n) is 12.1. The van der Waals surface area contributed by atoms with E-state index in [1.54, 1.807) is 0 Å². The third kappa shape index (κ3) is 7.17. The van der Waals surface area contributed by atoms with Gasteiger partial charge >= 0.3 is 7.60 Å². The molecule has 0 aliphatic heterocycles. The Morgan fingerprint density at radius 3 is 2.17 bits per heavy atom. The molecule has 0 heterocycles. The molecular formula is C28H37N2O4P. The van der Waals surface area contributed by atoms with Gasteiger partial charge in [-0.2, -0.15) is 0 Å². The fraction of sp³-hybridized carbons (Fsp3) is 0.393. The van der Waals surface area contributed by atoms with Crippen LogP contribution in [-0.2, 0) is 31.4 Å². The summed E-state index contributed by atoms with van der Waals surface area (Å²) in [5, 5.41) is 8.62. The Hall–Kier alpha value is -2.66. The highest BCUT2D eigenvalue weighted by Gasteiger charge is 2.43. The van der Waals surface area contributed by atoms with Gasteiger partial charge in [0, 0.05) is 12.2 Å². The Labute approximate surface area is 209 Å². The minimum absolute atomic E-state index is 0.0225. The van der Waals surface area contributed by atoms with E-state index in [4.69, 9.17) is 9.05 Å². The molecule has 0 saturated heterocycles. The molecule has 0 fully saturated rings. The molecule has 2 N–H and O–H groups in total. The van der Waals surface area contributed by atoms with Crippen LogP contribution in [0.25, 0.3) is 10.8 Å². The average Bonchev–Trinajstić information content (AvgIpc) is 2.82. The number of benzene rings is 3. The van der Waals surface area contributed by atoms with Crippen LogP contribution >= 0.6 is 7.60 Å². The van der Waals surface area contributed by atoms with Crippen LogP contribution in [0, 0.1) is 5.41 Å². The summed E-state index contributed by atoms with van der Waals surface area (Å²) in [6.07, 6.45) is 0.332.